The monoisotopic (exact) mass is 249 g/mol. The van der Waals surface area contributed by atoms with Crippen LogP contribution in [0.4, 0.5) is 5.95 Å². The zero-order valence-corrected chi connectivity index (χ0v) is 10.6. The van der Waals surface area contributed by atoms with Crippen molar-refractivity contribution in [3.63, 3.8) is 0 Å². The molecule has 0 aromatic carbocycles. The maximum absolute atomic E-state index is 11.9. The Bertz CT molecular complexity index is 389. The number of nitrogens with two attached hydrogens (primary N) is 1. The van der Waals surface area contributed by atoms with Crippen molar-refractivity contribution in [3.05, 3.63) is 18.5 Å². The van der Waals surface area contributed by atoms with E-state index < -0.39 is 0 Å². The third-order valence-electron chi connectivity index (χ3n) is 3.18. The van der Waals surface area contributed by atoms with E-state index in [4.69, 9.17) is 5.73 Å². The van der Waals surface area contributed by atoms with Crippen LogP contribution in [0.5, 0.6) is 0 Å². The van der Waals surface area contributed by atoms with E-state index in [-0.39, 0.29) is 11.9 Å². The molecule has 2 heterocycles. The van der Waals surface area contributed by atoms with Crippen LogP contribution in [-0.2, 0) is 4.79 Å². The average Bonchev–Trinajstić information content (AvgIpc) is 2.47. The van der Waals surface area contributed by atoms with Crippen molar-refractivity contribution in [2.45, 2.75) is 19.4 Å². The number of anilines is 1. The lowest BCUT2D eigenvalue weighted by molar-refractivity contribution is -0.132. The second-order valence-electron chi connectivity index (χ2n) is 4.38. The number of aromatic nitrogens is 2. The Labute approximate surface area is 107 Å². The van der Waals surface area contributed by atoms with E-state index in [1.807, 2.05) is 11.8 Å². The van der Waals surface area contributed by atoms with Crippen LogP contribution in [0.1, 0.15) is 13.3 Å². The highest BCUT2D eigenvalue weighted by molar-refractivity contribution is 5.81. The standard InChI is InChI=1S/C12H19N5O/c1-2-10(13)11(18)16-6-8-17(9-7-16)12-14-4-3-5-15-12/h3-5,10H,2,6-9,13H2,1H3/t10-/m1/s1. The summed E-state index contributed by atoms with van der Waals surface area (Å²) in [5.74, 6) is 0.774. The van der Waals surface area contributed by atoms with Gasteiger partial charge in [0, 0.05) is 38.6 Å². The first kappa shape index (κ1) is 12.8. The second-order valence-corrected chi connectivity index (χ2v) is 4.38. The molecule has 0 spiro atoms. The Morgan fingerprint density at radius 1 is 1.33 bits per heavy atom. The minimum Gasteiger partial charge on any atom is -0.338 e. The van der Waals surface area contributed by atoms with E-state index in [1.165, 1.54) is 0 Å². The van der Waals surface area contributed by atoms with Crippen molar-refractivity contribution < 1.29 is 4.79 Å². The number of hydrogen-bond donors (Lipinski definition) is 1. The molecule has 1 fully saturated rings. The van der Waals surface area contributed by atoms with Crippen LogP contribution < -0.4 is 10.6 Å². The van der Waals surface area contributed by atoms with E-state index >= 15 is 0 Å². The predicted octanol–water partition coefficient (Wildman–Crippen LogP) is -0.137. The number of carbonyl (C=O) groups is 1. The summed E-state index contributed by atoms with van der Waals surface area (Å²) in [7, 11) is 0. The second kappa shape index (κ2) is 5.77. The van der Waals surface area contributed by atoms with Gasteiger partial charge in [-0.05, 0) is 12.5 Å². The van der Waals surface area contributed by atoms with Crippen LogP contribution >= 0.6 is 0 Å². The van der Waals surface area contributed by atoms with Crippen molar-refractivity contribution in [2.75, 3.05) is 31.1 Å². The molecule has 2 rings (SSSR count). The van der Waals surface area contributed by atoms with Gasteiger partial charge in [0.2, 0.25) is 11.9 Å². The van der Waals surface area contributed by atoms with Crippen molar-refractivity contribution in [3.8, 4) is 0 Å². The molecule has 1 aliphatic rings. The van der Waals surface area contributed by atoms with Gasteiger partial charge < -0.3 is 15.5 Å². The SMILES string of the molecule is CC[C@@H](N)C(=O)N1CCN(c2ncccn2)CC1. The molecule has 98 valence electrons. The number of hydrogen-bond acceptors (Lipinski definition) is 5. The highest BCUT2D eigenvalue weighted by Gasteiger charge is 2.25. The minimum absolute atomic E-state index is 0.0473. The maximum Gasteiger partial charge on any atom is 0.239 e. The molecule has 1 atom stereocenters. The van der Waals surface area contributed by atoms with Gasteiger partial charge in [-0.2, -0.15) is 0 Å². The summed E-state index contributed by atoms with van der Waals surface area (Å²) in [6, 6.07) is 1.42. The molecule has 1 saturated heterocycles. The molecule has 0 saturated carbocycles. The van der Waals surface area contributed by atoms with E-state index in [0.29, 0.717) is 19.5 Å². The largest absolute Gasteiger partial charge is 0.338 e. The van der Waals surface area contributed by atoms with Gasteiger partial charge in [0.25, 0.3) is 0 Å². The molecule has 1 aromatic rings. The van der Waals surface area contributed by atoms with Gasteiger partial charge in [0.05, 0.1) is 6.04 Å². The summed E-state index contributed by atoms with van der Waals surface area (Å²) in [4.78, 5) is 24.3. The Morgan fingerprint density at radius 2 is 1.94 bits per heavy atom. The van der Waals surface area contributed by atoms with Crippen molar-refractivity contribution >= 4 is 11.9 Å². The lowest BCUT2D eigenvalue weighted by Gasteiger charge is -2.35. The Kier molecular flexibility index (Phi) is 4.09. The van der Waals surface area contributed by atoms with Crippen molar-refractivity contribution in [1.29, 1.82) is 0 Å². The first-order valence-electron chi connectivity index (χ1n) is 6.28. The van der Waals surface area contributed by atoms with Crippen LogP contribution in [-0.4, -0.2) is 53.0 Å². The summed E-state index contributed by atoms with van der Waals surface area (Å²) < 4.78 is 0. The van der Waals surface area contributed by atoms with Crippen LogP contribution in [0.2, 0.25) is 0 Å². The van der Waals surface area contributed by atoms with Gasteiger partial charge in [-0.1, -0.05) is 6.92 Å². The Morgan fingerprint density at radius 3 is 2.50 bits per heavy atom. The number of rotatable bonds is 3. The molecule has 0 unspecified atom stereocenters. The van der Waals surface area contributed by atoms with Crippen molar-refractivity contribution in [1.82, 2.24) is 14.9 Å². The van der Waals surface area contributed by atoms with Crippen LogP contribution in [0.3, 0.4) is 0 Å². The molecular weight excluding hydrogens is 230 g/mol. The molecule has 0 radical (unpaired) electrons. The molecule has 0 aliphatic carbocycles. The molecule has 0 bridgehead atoms. The average molecular weight is 249 g/mol. The van der Waals surface area contributed by atoms with Gasteiger partial charge in [-0.25, -0.2) is 9.97 Å². The lowest BCUT2D eigenvalue weighted by Crippen LogP contribution is -2.53. The molecule has 1 aromatic heterocycles. The third kappa shape index (κ3) is 2.76. The lowest BCUT2D eigenvalue weighted by atomic mass is 10.2. The maximum atomic E-state index is 11.9. The summed E-state index contributed by atoms with van der Waals surface area (Å²) in [6.07, 6.45) is 4.14. The first-order chi connectivity index (χ1) is 8.72. The highest BCUT2D eigenvalue weighted by atomic mass is 16.2. The number of carbonyl (C=O) groups excluding carboxylic acids is 1. The van der Waals surface area contributed by atoms with Crippen LogP contribution in [0, 0.1) is 0 Å². The first-order valence-corrected chi connectivity index (χ1v) is 6.28. The highest BCUT2D eigenvalue weighted by Crippen LogP contribution is 2.10. The molecule has 6 heteroatoms. The van der Waals surface area contributed by atoms with E-state index in [2.05, 4.69) is 14.9 Å². The van der Waals surface area contributed by atoms with E-state index in [0.717, 1.165) is 19.0 Å². The third-order valence-corrected chi connectivity index (χ3v) is 3.18. The molecule has 1 amide bonds. The summed E-state index contributed by atoms with van der Waals surface area (Å²) in [5, 5.41) is 0. The Balaban J connectivity index is 1.90. The fourth-order valence-corrected chi connectivity index (χ4v) is 1.99. The zero-order chi connectivity index (χ0) is 13.0. The van der Waals surface area contributed by atoms with Gasteiger partial charge >= 0.3 is 0 Å². The quantitative estimate of drug-likeness (QED) is 0.807. The smallest absolute Gasteiger partial charge is 0.239 e. The predicted molar refractivity (Wildman–Crippen MR) is 69.1 cm³/mol. The molecule has 18 heavy (non-hydrogen) atoms. The fraction of sp³-hybridized carbons (Fsp3) is 0.583. The fourth-order valence-electron chi connectivity index (χ4n) is 1.99. The molecular formula is C12H19N5O. The summed E-state index contributed by atoms with van der Waals surface area (Å²) >= 11 is 0. The zero-order valence-electron chi connectivity index (χ0n) is 10.6. The molecule has 2 N–H and O–H groups in total. The van der Waals surface area contributed by atoms with E-state index in [1.54, 1.807) is 18.5 Å². The van der Waals surface area contributed by atoms with Gasteiger partial charge in [-0.3, -0.25) is 4.79 Å². The van der Waals surface area contributed by atoms with Crippen LogP contribution in [0.15, 0.2) is 18.5 Å². The van der Waals surface area contributed by atoms with Crippen molar-refractivity contribution in [2.24, 2.45) is 5.73 Å². The topological polar surface area (TPSA) is 75.4 Å². The van der Waals surface area contributed by atoms with Gasteiger partial charge in [0.1, 0.15) is 0 Å². The number of nitrogens with zero attached hydrogens (tertiary/aromatic N) is 4. The van der Waals surface area contributed by atoms with Gasteiger partial charge in [-0.15, -0.1) is 0 Å². The van der Waals surface area contributed by atoms with Crippen LogP contribution in [0.25, 0.3) is 0 Å². The van der Waals surface area contributed by atoms with E-state index in [9.17, 15) is 4.79 Å². The summed E-state index contributed by atoms with van der Waals surface area (Å²) in [5.41, 5.74) is 5.76. The minimum atomic E-state index is -0.371. The molecule has 6 nitrogen and oxygen atoms in total. The Hall–Kier alpha value is -1.69. The number of piperazine rings is 1. The number of amides is 1. The summed E-state index contributed by atoms with van der Waals surface area (Å²) in [6.45, 7) is 4.81. The van der Waals surface area contributed by atoms with Gasteiger partial charge in [0.15, 0.2) is 0 Å². The normalized spacial score (nSPS) is 17.7. The molecule has 1 aliphatic heterocycles.